The third-order valence-electron chi connectivity index (χ3n) is 2.90. The van der Waals surface area contributed by atoms with E-state index in [2.05, 4.69) is 22.3 Å². The van der Waals surface area contributed by atoms with Crippen molar-refractivity contribution in [3.8, 4) is 11.8 Å². The van der Waals surface area contributed by atoms with E-state index < -0.39 is 0 Å². The molecular weight excluding hydrogens is 264 g/mol. The summed E-state index contributed by atoms with van der Waals surface area (Å²) >= 11 is 0. The van der Waals surface area contributed by atoms with Gasteiger partial charge in [-0.25, -0.2) is 0 Å². The molecule has 5 heteroatoms. The van der Waals surface area contributed by atoms with Gasteiger partial charge in [0.15, 0.2) is 0 Å². The molecule has 5 nitrogen and oxygen atoms in total. The van der Waals surface area contributed by atoms with E-state index in [0.29, 0.717) is 25.1 Å². The molecule has 0 aliphatic carbocycles. The van der Waals surface area contributed by atoms with Gasteiger partial charge in [0.2, 0.25) is 0 Å². The van der Waals surface area contributed by atoms with E-state index in [0.717, 1.165) is 11.3 Å². The first-order valence-corrected chi connectivity index (χ1v) is 6.75. The lowest BCUT2D eigenvalue weighted by Gasteiger charge is -2.04. The Hall–Kier alpha value is -2.58. The number of nitrogens with one attached hydrogen (secondary N) is 1. The molecule has 0 bridgehead atoms. The summed E-state index contributed by atoms with van der Waals surface area (Å²) in [5.74, 6) is 5.58. The minimum atomic E-state index is -0.109. The van der Waals surface area contributed by atoms with Crippen molar-refractivity contribution in [2.75, 3.05) is 13.1 Å². The summed E-state index contributed by atoms with van der Waals surface area (Å²) in [7, 11) is 1.87. The van der Waals surface area contributed by atoms with Crippen LogP contribution in [0, 0.1) is 11.8 Å². The van der Waals surface area contributed by atoms with Gasteiger partial charge in [-0.3, -0.25) is 9.48 Å². The number of aromatic nitrogens is 2. The van der Waals surface area contributed by atoms with Gasteiger partial charge in [0, 0.05) is 37.3 Å². The van der Waals surface area contributed by atoms with Crippen LogP contribution in [0.25, 0.3) is 0 Å². The van der Waals surface area contributed by atoms with Gasteiger partial charge >= 0.3 is 0 Å². The number of rotatable bonds is 4. The minimum absolute atomic E-state index is 0.109. The zero-order valence-electron chi connectivity index (χ0n) is 12.0. The Morgan fingerprint density at radius 2 is 2.29 bits per heavy atom. The van der Waals surface area contributed by atoms with Crippen LogP contribution in [0.5, 0.6) is 0 Å². The van der Waals surface area contributed by atoms with Crippen molar-refractivity contribution in [3.63, 3.8) is 0 Å². The molecule has 0 fully saturated rings. The zero-order chi connectivity index (χ0) is 15.1. The van der Waals surface area contributed by atoms with Crippen LogP contribution >= 0.6 is 0 Å². The molecule has 0 aliphatic rings. The molecule has 2 rings (SSSR count). The molecule has 0 unspecified atom stereocenters. The predicted molar refractivity (Wildman–Crippen MR) is 81.6 cm³/mol. The van der Waals surface area contributed by atoms with Crippen molar-refractivity contribution in [2.24, 2.45) is 12.8 Å². The van der Waals surface area contributed by atoms with E-state index in [9.17, 15) is 4.79 Å². The maximum absolute atomic E-state index is 12.1. The number of aryl methyl sites for hydroxylation is 1. The second kappa shape index (κ2) is 7.27. The molecule has 0 aliphatic heterocycles. The van der Waals surface area contributed by atoms with Gasteiger partial charge in [0.25, 0.3) is 5.91 Å². The molecule has 0 atom stereocenters. The molecule has 0 saturated heterocycles. The van der Waals surface area contributed by atoms with Crippen LogP contribution in [-0.4, -0.2) is 28.8 Å². The maximum Gasteiger partial charge on any atom is 0.251 e. The van der Waals surface area contributed by atoms with E-state index in [-0.39, 0.29) is 5.91 Å². The molecule has 1 heterocycles. The van der Waals surface area contributed by atoms with E-state index in [1.165, 1.54) is 0 Å². The molecule has 2 aromatic rings. The summed E-state index contributed by atoms with van der Waals surface area (Å²) in [6.45, 7) is 0.856. The molecule has 0 spiro atoms. The Balaban J connectivity index is 1.91. The summed E-state index contributed by atoms with van der Waals surface area (Å²) in [4.78, 5) is 12.1. The van der Waals surface area contributed by atoms with Gasteiger partial charge in [-0.2, -0.15) is 5.10 Å². The van der Waals surface area contributed by atoms with Crippen LogP contribution in [0.4, 0.5) is 0 Å². The van der Waals surface area contributed by atoms with Gasteiger partial charge < -0.3 is 11.1 Å². The molecular formula is C16H18N4O. The molecule has 0 saturated carbocycles. The molecule has 1 aromatic carbocycles. The molecule has 1 amide bonds. The first kappa shape index (κ1) is 14.8. The standard InChI is InChI=1S/C16H18N4O/c1-20-11-8-15(19-20)7-10-18-16(21)14-6-2-4-13(12-14)5-3-9-17/h2,4,6,8,11-12H,7,9-10,17H2,1H3,(H,18,21). The number of carbonyl (C=O) groups excluding carboxylic acids is 1. The van der Waals surface area contributed by atoms with Gasteiger partial charge in [-0.15, -0.1) is 0 Å². The lowest BCUT2D eigenvalue weighted by molar-refractivity contribution is 0.0954. The Morgan fingerprint density at radius 1 is 1.43 bits per heavy atom. The zero-order valence-corrected chi connectivity index (χ0v) is 12.0. The lowest BCUT2D eigenvalue weighted by atomic mass is 10.1. The quantitative estimate of drug-likeness (QED) is 0.811. The van der Waals surface area contributed by atoms with Crippen molar-refractivity contribution >= 4 is 5.91 Å². The fourth-order valence-electron chi connectivity index (χ4n) is 1.89. The van der Waals surface area contributed by atoms with Crippen LogP contribution in [0.2, 0.25) is 0 Å². The highest BCUT2D eigenvalue weighted by molar-refractivity contribution is 5.94. The number of hydrogen-bond acceptors (Lipinski definition) is 3. The summed E-state index contributed by atoms with van der Waals surface area (Å²) in [6, 6.07) is 9.14. The lowest BCUT2D eigenvalue weighted by Crippen LogP contribution is -2.25. The number of nitrogens with two attached hydrogens (primary N) is 1. The molecule has 0 radical (unpaired) electrons. The second-order valence-corrected chi connectivity index (χ2v) is 4.57. The van der Waals surface area contributed by atoms with Crippen molar-refractivity contribution in [3.05, 3.63) is 53.3 Å². The second-order valence-electron chi connectivity index (χ2n) is 4.57. The van der Waals surface area contributed by atoms with E-state index in [1.54, 1.807) is 16.8 Å². The van der Waals surface area contributed by atoms with Gasteiger partial charge in [-0.05, 0) is 24.3 Å². The third-order valence-corrected chi connectivity index (χ3v) is 2.90. The third kappa shape index (κ3) is 4.48. The Labute approximate surface area is 124 Å². The normalized spacial score (nSPS) is 9.81. The fourth-order valence-corrected chi connectivity index (χ4v) is 1.89. The highest BCUT2D eigenvalue weighted by atomic mass is 16.1. The SMILES string of the molecule is Cn1ccc(CCNC(=O)c2cccc(C#CCN)c2)n1. The highest BCUT2D eigenvalue weighted by Crippen LogP contribution is 2.04. The molecule has 108 valence electrons. The van der Waals surface area contributed by atoms with Gasteiger partial charge in [0.05, 0.1) is 12.2 Å². The van der Waals surface area contributed by atoms with Gasteiger partial charge in [-0.1, -0.05) is 17.9 Å². The van der Waals surface area contributed by atoms with Crippen LogP contribution in [0.1, 0.15) is 21.6 Å². The monoisotopic (exact) mass is 282 g/mol. The van der Waals surface area contributed by atoms with Crippen LogP contribution in [0.3, 0.4) is 0 Å². The Morgan fingerprint density at radius 3 is 3.00 bits per heavy atom. The summed E-state index contributed by atoms with van der Waals surface area (Å²) in [5, 5.41) is 7.14. The number of amides is 1. The van der Waals surface area contributed by atoms with Crippen molar-refractivity contribution in [2.45, 2.75) is 6.42 Å². The van der Waals surface area contributed by atoms with E-state index in [4.69, 9.17) is 5.73 Å². The number of carbonyl (C=O) groups is 1. The van der Waals surface area contributed by atoms with Crippen molar-refractivity contribution in [1.82, 2.24) is 15.1 Å². The van der Waals surface area contributed by atoms with Crippen molar-refractivity contribution in [1.29, 1.82) is 0 Å². The molecule has 3 N–H and O–H groups in total. The average Bonchev–Trinajstić information content (AvgIpc) is 2.91. The summed E-state index contributed by atoms with van der Waals surface area (Å²) in [6.07, 6.45) is 2.59. The van der Waals surface area contributed by atoms with Gasteiger partial charge in [0.1, 0.15) is 0 Å². The summed E-state index contributed by atoms with van der Waals surface area (Å²) in [5.41, 5.74) is 7.68. The molecule has 21 heavy (non-hydrogen) atoms. The van der Waals surface area contributed by atoms with Crippen LogP contribution < -0.4 is 11.1 Å². The largest absolute Gasteiger partial charge is 0.352 e. The summed E-state index contributed by atoms with van der Waals surface area (Å²) < 4.78 is 1.75. The van der Waals surface area contributed by atoms with Crippen LogP contribution in [0.15, 0.2) is 36.5 Å². The highest BCUT2D eigenvalue weighted by Gasteiger charge is 2.05. The maximum atomic E-state index is 12.1. The molecule has 1 aromatic heterocycles. The van der Waals surface area contributed by atoms with Crippen molar-refractivity contribution < 1.29 is 4.79 Å². The van der Waals surface area contributed by atoms with E-state index in [1.807, 2.05) is 31.4 Å². The number of nitrogens with zero attached hydrogens (tertiary/aromatic N) is 2. The first-order chi connectivity index (χ1) is 10.2. The Bertz CT molecular complexity index is 679. The number of hydrogen-bond donors (Lipinski definition) is 2. The minimum Gasteiger partial charge on any atom is -0.352 e. The first-order valence-electron chi connectivity index (χ1n) is 6.75. The predicted octanol–water partition coefficient (Wildman–Crippen LogP) is 0.703. The smallest absolute Gasteiger partial charge is 0.251 e. The van der Waals surface area contributed by atoms with E-state index >= 15 is 0 Å². The van der Waals surface area contributed by atoms with Crippen LogP contribution in [-0.2, 0) is 13.5 Å². The topological polar surface area (TPSA) is 72.9 Å². The fraction of sp³-hybridized carbons (Fsp3) is 0.250. The Kier molecular flexibility index (Phi) is 5.13. The number of benzene rings is 1. The average molecular weight is 282 g/mol.